The fourth-order valence-corrected chi connectivity index (χ4v) is 3.92. The Hall–Kier alpha value is -1.15. The second-order valence-corrected chi connectivity index (χ2v) is 6.72. The summed E-state index contributed by atoms with van der Waals surface area (Å²) in [6.07, 6.45) is 0.332. The van der Waals surface area contributed by atoms with E-state index in [2.05, 4.69) is 4.74 Å². The molecule has 1 aliphatic rings. The quantitative estimate of drug-likeness (QED) is 0.617. The number of carbonyl (C=O) groups excluding carboxylic acids is 2. The van der Waals surface area contributed by atoms with Gasteiger partial charge in [0.05, 0.1) is 18.6 Å². The summed E-state index contributed by atoms with van der Waals surface area (Å²) >= 11 is 0. The van der Waals surface area contributed by atoms with Crippen LogP contribution in [0.4, 0.5) is 0 Å². The molecule has 0 bridgehead atoms. The van der Waals surface area contributed by atoms with E-state index < -0.39 is 33.8 Å². The zero-order valence-corrected chi connectivity index (χ0v) is 12.1. The van der Waals surface area contributed by atoms with Gasteiger partial charge < -0.3 is 14.4 Å². The van der Waals surface area contributed by atoms with E-state index in [4.69, 9.17) is 4.74 Å². The second kappa shape index (κ2) is 6.33. The lowest BCUT2D eigenvalue weighted by Gasteiger charge is -2.32. The van der Waals surface area contributed by atoms with Crippen LogP contribution in [-0.2, 0) is 28.9 Å². The number of nitrogens with zero attached hydrogens (tertiary/aromatic N) is 1. The molecule has 7 nitrogen and oxygen atoms in total. The number of carbonyl (C=O) groups is 2. The maximum Gasteiger partial charge on any atom is 0.328 e. The van der Waals surface area contributed by atoms with E-state index in [9.17, 15) is 18.0 Å². The fourth-order valence-electron chi connectivity index (χ4n) is 2.21. The lowest BCUT2D eigenvalue weighted by Crippen LogP contribution is -2.51. The van der Waals surface area contributed by atoms with Gasteiger partial charge in [-0.2, -0.15) is 0 Å². The van der Waals surface area contributed by atoms with Crippen LogP contribution in [0.15, 0.2) is 0 Å². The fraction of sp³-hybridized carbons (Fsp3) is 0.818. The van der Waals surface area contributed by atoms with Crippen LogP contribution in [0.5, 0.6) is 0 Å². The van der Waals surface area contributed by atoms with Gasteiger partial charge >= 0.3 is 5.97 Å². The van der Waals surface area contributed by atoms with Crippen molar-refractivity contribution >= 4 is 21.7 Å². The van der Waals surface area contributed by atoms with Gasteiger partial charge in [0.1, 0.15) is 12.6 Å². The van der Waals surface area contributed by atoms with Crippen LogP contribution in [0.25, 0.3) is 0 Å². The van der Waals surface area contributed by atoms with Crippen LogP contribution in [0, 0.1) is 0 Å². The number of hydrogen-bond donors (Lipinski definition) is 0. The first-order valence-corrected chi connectivity index (χ1v) is 7.73. The van der Waals surface area contributed by atoms with Crippen molar-refractivity contribution < 1.29 is 27.5 Å². The molecule has 0 radical (unpaired) electrons. The van der Waals surface area contributed by atoms with Crippen LogP contribution in [0.3, 0.4) is 0 Å². The molecule has 1 rings (SSSR count). The third kappa shape index (κ3) is 3.90. The Morgan fingerprint density at radius 2 is 2.00 bits per heavy atom. The molecule has 1 fully saturated rings. The van der Waals surface area contributed by atoms with Gasteiger partial charge in [-0.3, -0.25) is 4.79 Å². The van der Waals surface area contributed by atoms with Crippen LogP contribution >= 0.6 is 0 Å². The summed E-state index contributed by atoms with van der Waals surface area (Å²) in [4.78, 5) is 24.8. The van der Waals surface area contributed by atoms with Crippen molar-refractivity contribution in [3.63, 3.8) is 0 Å². The van der Waals surface area contributed by atoms with E-state index in [1.807, 2.05) is 0 Å². The first kappa shape index (κ1) is 15.9. The van der Waals surface area contributed by atoms with E-state index in [0.717, 1.165) is 0 Å². The smallest absolute Gasteiger partial charge is 0.328 e. The number of rotatable bonds is 5. The molecule has 0 aromatic rings. The average molecular weight is 293 g/mol. The molecule has 0 saturated carbocycles. The van der Waals surface area contributed by atoms with Gasteiger partial charge in [-0.25, -0.2) is 13.2 Å². The molecular weight excluding hydrogens is 274 g/mol. The molecule has 0 aromatic carbocycles. The largest absolute Gasteiger partial charge is 0.467 e. The van der Waals surface area contributed by atoms with Gasteiger partial charge in [0.25, 0.3) is 0 Å². The van der Waals surface area contributed by atoms with Gasteiger partial charge in [-0.05, 0) is 13.3 Å². The summed E-state index contributed by atoms with van der Waals surface area (Å²) in [7, 11) is -0.551. The SMILES string of the molecule is COCC(=O)N(C1CCS(=O)(=O)C1)C(C)C(=O)OC. The zero-order valence-electron chi connectivity index (χ0n) is 11.3. The highest BCUT2D eigenvalue weighted by atomic mass is 32.2. The molecule has 0 N–H and O–H groups in total. The monoisotopic (exact) mass is 293 g/mol. The highest BCUT2D eigenvalue weighted by molar-refractivity contribution is 7.91. The average Bonchev–Trinajstić information content (AvgIpc) is 2.69. The zero-order chi connectivity index (χ0) is 14.6. The standard InChI is InChI=1S/C11H19NO6S/c1-8(11(14)18-3)12(10(13)6-17-2)9-4-5-19(15,16)7-9/h8-9H,4-7H2,1-3H3. The molecule has 110 valence electrons. The molecule has 1 amide bonds. The molecule has 1 heterocycles. The Morgan fingerprint density at radius 1 is 1.37 bits per heavy atom. The highest BCUT2D eigenvalue weighted by Gasteiger charge is 2.39. The molecule has 0 aromatic heterocycles. The van der Waals surface area contributed by atoms with Gasteiger partial charge in [-0.15, -0.1) is 0 Å². The van der Waals surface area contributed by atoms with Crippen molar-refractivity contribution in [2.24, 2.45) is 0 Å². The first-order valence-electron chi connectivity index (χ1n) is 5.90. The maximum atomic E-state index is 12.0. The molecule has 2 unspecified atom stereocenters. The molecule has 0 spiro atoms. The van der Waals surface area contributed by atoms with E-state index >= 15 is 0 Å². The molecule has 1 aliphatic heterocycles. The van der Waals surface area contributed by atoms with Crippen molar-refractivity contribution in [1.29, 1.82) is 0 Å². The first-order chi connectivity index (χ1) is 8.82. The summed E-state index contributed by atoms with van der Waals surface area (Å²) in [5.41, 5.74) is 0. The van der Waals surface area contributed by atoms with Crippen LogP contribution < -0.4 is 0 Å². The predicted molar refractivity (Wildman–Crippen MR) is 67.3 cm³/mol. The number of ether oxygens (including phenoxy) is 2. The third-order valence-electron chi connectivity index (χ3n) is 3.12. The Bertz CT molecular complexity index is 446. The summed E-state index contributed by atoms with van der Waals surface area (Å²) in [6.45, 7) is 1.32. The van der Waals surface area contributed by atoms with Crippen LogP contribution in [0.1, 0.15) is 13.3 Å². The number of hydrogen-bond acceptors (Lipinski definition) is 6. The molecule has 8 heteroatoms. The van der Waals surface area contributed by atoms with Gasteiger partial charge in [0.15, 0.2) is 9.84 Å². The van der Waals surface area contributed by atoms with Gasteiger partial charge in [-0.1, -0.05) is 0 Å². The molecule has 1 saturated heterocycles. The van der Waals surface area contributed by atoms with Gasteiger partial charge in [0.2, 0.25) is 5.91 Å². The number of methoxy groups -OCH3 is 2. The van der Waals surface area contributed by atoms with Crippen molar-refractivity contribution in [2.45, 2.75) is 25.4 Å². The third-order valence-corrected chi connectivity index (χ3v) is 4.87. The molecule has 19 heavy (non-hydrogen) atoms. The maximum absolute atomic E-state index is 12.0. The minimum Gasteiger partial charge on any atom is -0.467 e. The molecule has 2 atom stereocenters. The van der Waals surface area contributed by atoms with Crippen LogP contribution in [0.2, 0.25) is 0 Å². The van der Waals surface area contributed by atoms with E-state index in [-0.39, 0.29) is 18.1 Å². The van der Waals surface area contributed by atoms with E-state index in [1.54, 1.807) is 0 Å². The lowest BCUT2D eigenvalue weighted by atomic mass is 10.1. The summed E-state index contributed by atoms with van der Waals surface area (Å²) < 4.78 is 32.4. The lowest BCUT2D eigenvalue weighted by molar-refractivity contribution is -0.155. The minimum atomic E-state index is -3.14. The normalized spacial score (nSPS) is 22.8. The summed E-state index contributed by atoms with van der Waals surface area (Å²) in [5.74, 6) is -1.08. The van der Waals surface area contributed by atoms with E-state index in [0.29, 0.717) is 6.42 Å². The van der Waals surface area contributed by atoms with Crippen molar-refractivity contribution in [3.05, 3.63) is 0 Å². The Balaban J connectivity index is 2.93. The predicted octanol–water partition coefficient (Wildman–Crippen LogP) is -0.790. The Labute approximate surface area is 112 Å². The number of esters is 1. The topological polar surface area (TPSA) is 90.0 Å². The Morgan fingerprint density at radius 3 is 2.42 bits per heavy atom. The molecular formula is C11H19NO6S. The summed E-state index contributed by atoms with van der Waals surface area (Å²) in [6, 6.07) is -1.33. The van der Waals surface area contributed by atoms with Crippen molar-refractivity contribution in [1.82, 2.24) is 4.90 Å². The Kier molecular flexibility index (Phi) is 5.30. The number of sulfone groups is 1. The second-order valence-electron chi connectivity index (χ2n) is 4.49. The summed E-state index contributed by atoms with van der Waals surface area (Å²) in [5, 5.41) is 0. The van der Waals surface area contributed by atoms with Crippen LogP contribution in [-0.4, -0.2) is 69.6 Å². The van der Waals surface area contributed by atoms with Crippen molar-refractivity contribution in [2.75, 3.05) is 32.3 Å². The van der Waals surface area contributed by atoms with E-state index in [1.165, 1.54) is 26.0 Å². The molecule has 0 aliphatic carbocycles. The minimum absolute atomic E-state index is 0.0301. The van der Waals surface area contributed by atoms with Crippen molar-refractivity contribution in [3.8, 4) is 0 Å². The highest BCUT2D eigenvalue weighted by Crippen LogP contribution is 2.20. The van der Waals surface area contributed by atoms with Gasteiger partial charge in [0, 0.05) is 13.2 Å². The number of amides is 1.